The standard InChI is InChI=1S/C22H27N3O/c26-21(13-2-1-5-14-25-15-6-7-16-25)23-20-12-8-10-18-17-9-3-4-11-19(17)24-22(18)20/h3-4,6-7,9,11,15-16,20,24H,1-2,5,8,10,12-14H2,(H,23,26)/t20-/m1/s1. The third kappa shape index (κ3) is 3.69. The summed E-state index contributed by atoms with van der Waals surface area (Å²) >= 11 is 0. The molecule has 4 heteroatoms. The van der Waals surface area contributed by atoms with Crippen LogP contribution >= 0.6 is 0 Å². The monoisotopic (exact) mass is 349 g/mol. The Bertz CT molecular complexity index is 863. The Morgan fingerprint density at radius 1 is 1.12 bits per heavy atom. The number of hydrogen-bond donors (Lipinski definition) is 2. The highest BCUT2D eigenvalue weighted by Crippen LogP contribution is 2.34. The van der Waals surface area contributed by atoms with E-state index >= 15 is 0 Å². The van der Waals surface area contributed by atoms with Crippen LogP contribution in [0.1, 0.15) is 55.8 Å². The second-order valence-electron chi connectivity index (χ2n) is 7.31. The van der Waals surface area contributed by atoms with Gasteiger partial charge in [-0.2, -0.15) is 0 Å². The molecule has 2 heterocycles. The smallest absolute Gasteiger partial charge is 0.220 e. The van der Waals surface area contributed by atoms with E-state index in [1.54, 1.807) is 0 Å². The first kappa shape index (κ1) is 17.0. The summed E-state index contributed by atoms with van der Waals surface area (Å²) in [4.78, 5) is 15.9. The van der Waals surface area contributed by atoms with Gasteiger partial charge in [-0.3, -0.25) is 4.79 Å². The van der Waals surface area contributed by atoms with Crippen LogP contribution in [0, 0.1) is 0 Å². The van der Waals surface area contributed by atoms with Crippen molar-refractivity contribution >= 4 is 16.8 Å². The summed E-state index contributed by atoms with van der Waals surface area (Å²) in [7, 11) is 0. The molecule has 0 aliphatic heterocycles. The van der Waals surface area contributed by atoms with E-state index in [9.17, 15) is 4.79 Å². The molecule has 1 aromatic carbocycles. The minimum Gasteiger partial charge on any atom is -0.356 e. The van der Waals surface area contributed by atoms with Crippen molar-refractivity contribution in [3.05, 3.63) is 60.0 Å². The first-order valence-electron chi connectivity index (χ1n) is 9.81. The fourth-order valence-electron chi connectivity index (χ4n) is 4.10. The summed E-state index contributed by atoms with van der Waals surface area (Å²) in [6.45, 7) is 1.04. The van der Waals surface area contributed by atoms with E-state index in [2.05, 4.69) is 63.7 Å². The maximum atomic E-state index is 12.4. The van der Waals surface area contributed by atoms with E-state index in [0.717, 1.165) is 45.1 Å². The first-order valence-corrected chi connectivity index (χ1v) is 9.81. The van der Waals surface area contributed by atoms with Crippen molar-refractivity contribution in [2.75, 3.05) is 0 Å². The minimum absolute atomic E-state index is 0.138. The van der Waals surface area contributed by atoms with Crippen molar-refractivity contribution in [2.45, 2.75) is 57.5 Å². The van der Waals surface area contributed by atoms with Crippen molar-refractivity contribution in [3.8, 4) is 0 Å². The van der Waals surface area contributed by atoms with Crippen LogP contribution in [0.15, 0.2) is 48.8 Å². The molecule has 0 saturated carbocycles. The lowest BCUT2D eigenvalue weighted by molar-refractivity contribution is -0.122. The molecular formula is C22H27N3O. The highest BCUT2D eigenvalue weighted by Gasteiger charge is 2.25. The lowest BCUT2D eigenvalue weighted by Gasteiger charge is -2.24. The largest absolute Gasteiger partial charge is 0.356 e. The van der Waals surface area contributed by atoms with Crippen molar-refractivity contribution in [2.24, 2.45) is 0 Å². The van der Waals surface area contributed by atoms with Gasteiger partial charge in [-0.25, -0.2) is 0 Å². The number of nitrogens with zero attached hydrogens (tertiary/aromatic N) is 1. The van der Waals surface area contributed by atoms with Crippen molar-refractivity contribution in [1.82, 2.24) is 14.9 Å². The third-order valence-electron chi connectivity index (χ3n) is 5.44. The van der Waals surface area contributed by atoms with Crippen LogP contribution in [-0.4, -0.2) is 15.5 Å². The van der Waals surface area contributed by atoms with E-state index in [1.165, 1.54) is 22.2 Å². The summed E-state index contributed by atoms with van der Waals surface area (Å²) < 4.78 is 2.19. The van der Waals surface area contributed by atoms with Gasteiger partial charge in [0.15, 0.2) is 0 Å². The fourth-order valence-corrected chi connectivity index (χ4v) is 4.10. The van der Waals surface area contributed by atoms with Crippen LogP contribution in [-0.2, 0) is 17.8 Å². The highest BCUT2D eigenvalue weighted by atomic mass is 16.1. The number of H-pyrrole nitrogens is 1. The highest BCUT2D eigenvalue weighted by molar-refractivity contribution is 5.85. The molecule has 26 heavy (non-hydrogen) atoms. The molecule has 1 amide bonds. The second-order valence-corrected chi connectivity index (χ2v) is 7.31. The van der Waals surface area contributed by atoms with E-state index in [-0.39, 0.29) is 11.9 Å². The fraction of sp³-hybridized carbons (Fsp3) is 0.409. The van der Waals surface area contributed by atoms with Crippen LogP contribution in [0.25, 0.3) is 10.9 Å². The Morgan fingerprint density at radius 3 is 2.85 bits per heavy atom. The Morgan fingerprint density at radius 2 is 1.96 bits per heavy atom. The number of rotatable bonds is 7. The number of hydrogen-bond acceptors (Lipinski definition) is 1. The van der Waals surface area contributed by atoms with Gasteiger partial charge in [-0.1, -0.05) is 24.6 Å². The van der Waals surface area contributed by atoms with Gasteiger partial charge in [0.05, 0.1) is 6.04 Å². The van der Waals surface area contributed by atoms with E-state index < -0.39 is 0 Å². The van der Waals surface area contributed by atoms with Crippen LogP contribution in [0.2, 0.25) is 0 Å². The van der Waals surface area contributed by atoms with Gasteiger partial charge in [0, 0.05) is 42.0 Å². The lowest BCUT2D eigenvalue weighted by atomic mass is 9.91. The summed E-state index contributed by atoms with van der Waals surface area (Å²) in [5.74, 6) is 0.183. The quantitative estimate of drug-likeness (QED) is 0.596. The molecule has 0 bridgehead atoms. The predicted molar refractivity (Wildman–Crippen MR) is 105 cm³/mol. The number of aromatic nitrogens is 2. The Kier molecular flexibility index (Phi) is 5.09. The number of carbonyl (C=O) groups excluding carboxylic acids is 1. The third-order valence-corrected chi connectivity index (χ3v) is 5.44. The molecule has 3 aromatic rings. The number of amides is 1. The molecule has 136 valence electrons. The molecule has 0 fully saturated rings. The molecule has 2 aromatic heterocycles. The molecule has 4 nitrogen and oxygen atoms in total. The SMILES string of the molecule is O=C(CCCCCn1cccc1)N[C@@H]1CCCc2c1[nH]c1ccccc21. The Balaban J connectivity index is 1.28. The predicted octanol–water partition coefficient (Wildman–Crippen LogP) is 4.72. The number of para-hydroxylation sites is 1. The van der Waals surface area contributed by atoms with E-state index in [1.807, 2.05) is 0 Å². The molecule has 0 spiro atoms. The minimum atomic E-state index is 0.138. The zero-order valence-corrected chi connectivity index (χ0v) is 15.2. The van der Waals surface area contributed by atoms with Gasteiger partial charge in [-0.05, 0) is 55.9 Å². The van der Waals surface area contributed by atoms with Gasteiger partial charge >= 0.3 is 0 Å². The number of fused-ring (bicyclic) bond motifs is 3. The number of carbonyl (C=O) groups is 1. The first-order chi connectivity index (χ1) is 12.8. The second kappa shape index (κ2) is 7.81. The Labute approximate surface area is 154 Å². The van der Waals surface area contributed by atoms with Crippen LogP contribution in [0.3, 0.4) is 0 Å². The van der Waals surface area contributed by atoms with Gasteiger partial charge in [0.1, 0.15) is 0 Å². The molecule has 4 rings (SSSR count). The average Bonchev–Trinajstić information content (AvgIpc) is 3.29. The van der Waals surface area contributed by atoms with Gasteiger partial charge < -0.3 is 14.9 Å². The van der Waals surface area contributed by atoms with E-state index in [0.29, 0.717) is 6.42 Å². The lowest BCUT2D eigenvalue weighted by Crippen LogP contribution is -2.30. The molecule has 1 aliphatic carbocycles. The van der Waals surface area contributed by atoms with Crippen LogP contribution in [0.5, 0.6) is 0 Å². The molecule has 2 N–H and O–H groups in total. The maximum Gasteiger partial charge on any atom is 0.220 e. The molecular weight excluding hydrogens is 322 g/mol. The summed E-state index contributed by atoms with van der Waals surface area (Å²) in [6.07, 6.45) is 11.2. The van der Waals surface area contributed by atoms with Crippen LogP contribution in [0.4, 0.5) is 0 Å². The van der Waals surface area contributed by atoms with Crippen molar-refractivity contribution in [1.29, 1.82) is 0 Å². The number of unbranched alkanes of at least 4 members (excludes halogenated alkanes) is 2. The average molecular weight is 349 g/mol. The van der Waals surface area contributed by atoms with Crippen LogP contribution < -0.4 is 5.32 Å². The Hall–Kier alpha value is -2.49. The normalized spacial score (nSPS) is 16.5. The number of nitrogens with one attached hydrogen (secondary N) is 2. The zero-order valence-electron chi connectivity index (χ0n) is 15.2. The van der Waals surface area contributed by atoms with Crippen molar-refractivity contribution < 1.29 is 4.79 Å². The number of benzene rings is 1. The maximum absolute atomic E-state index is 12.4. The van der Waals surface area contributed by atoms with Gasteiger partial charge in [0.25, 0.3) is 0 Å². The van der Waals surface area contributed by atoms with E-state index in [4.69, 9.17) is 0 Å². The zero-order chi connectivity index (χ0) is 17.8. The summed E-state index contributed by atoms with van der Waals surface area (Å²) in [5.41, 5.74) is 3.80. The number of aromatic amines is 1. The summed E-state index contributed by atoms with van der Waals surface area (Å²) in [5, 5.41) is 4.58. The molecule has 0 unspecified atom stereocenters. The van der Waals surface area contributed by atoms with Gasteiger partial charge in [-0.15, -0.1) is 0 Å². The van der Waals surface area contributed by atoms with Gasteiger partial charge in [0.2, 0.25) is 5.91 Å². The molecule has 0 radical (unpaired) electrons. The molecule has 1 aliphatic rings. The summed E-state index contributed by atoms with van der Waals surface area (Å²) in [6, 6.07) is 12.7. The number of aryl methyl sites for hydroxylation is 2. The molecule has 0 saturated heterocycles. The topological polar surface area (TPSA) is 49.8 Å². The molecule has 1 atom stereocenters. The van der Waals surface area contributed by atoms with Crippen molar-refractivity contribution in [3.63, 3.8) is 0 Å².